The summed E-state index contributed by atoms with van der Waals surface area (Å²) in [5.74, 6) is -0.388. The van der Waals surface area contributed by atoms with Crippen molar-refractivity contribution in [2.24, 2.45) is 0 Å². The molecule has 0 unspecified atom stereocenters. The van der Waals surface area contributed by atoms with Crippen LogP contribution in [-0.2, 0) is 12.8 Å². The van der Waals surface area contributed by atoms with Gasteiger partial charge in [-0.25, -0.2) is 0 Å². The summed E-state index contributed by atoms with van der Waals surface area (Å²) in [7, 11) is 0. The van der Waals surface area contributed by atoms with Crippen LogP contribution in [0.15, 0.2) is 59.1 Å². The zero-order valence-corrected chi connectivity index (χ0v) is 18.2. The zero-order valence-electron chi connectivity index (χ0n) is 15.8. The monoisotopic (exact) mass is 468 g/mol. The average molecular weight is 469 g/mol. The molecular formula is C23H21BrN2O2S. The summed E-state index contributed by atoms with van der Waals surface area (Å²) < 4.78 is 0.728. The van der Waals surface area contributed by atoms with Crippen molar-refractivity contribution in [1.29, 1.82) is 0 Å². The third kappa shape index (κ3) is 4.43. The van der Waals surface area contributed by atoms with E-state index >= 15 is 0 Å². The number of carbonyl (C=O) groups excluding carboxylic acids is 2. The van der Waals surface area contributed by atoms with Crippen LogP contribution in [0, 0.1) is 0 Å². The fourth-order valence-corrected chi connectivity index (χ4v) is 5.35. The largest absolute Gasteiger partial charge is 0.322 e. The van der Waals surface area contributed by atoms with E-state index in [-0.39, 0.29) is 11.8 Å². The maximum absolute atomic E-state index is 13.2. The van der Waals surface area contributed by atoms with E-state index < -0.39 is 0 Å². The number of hydrogen-bond acceptors (Lipinski definition) is 3. The Morgan fingerprint density at radius 3 is 2.34 bits per heavy atom. The second-order valence-corrected chi connectivity index (χ2v) is 8.98. The number of rotatable bonds is 4. The molecule has 4 rings (SSSR count). The van der Waals surface area contributed by atoms with Gasteiger partial charge in [-0.2, -0.15) is 0 Å². The molecule has 2 amide bonds. The van der Waals surface area contributed by atoms with Gasteiger partial charge < -0.3 is 10.6 Å². The van der Waals surface area contributed by atoms with Crippen molar-refractivity contribution in [3.05, 3.63) is 80.6 Å². The number of benzene rings is 2. The molecule has 0 fully saturated rings. The maximum Gasteiger partial charge on any atom is 0.258 e. The molecule has 3 aromatic rings. The van der Waals surface area contributed by atoms with Crippen LogP contribution in [0.25, 0.3) is 0 Å². The first-order chi connectivity index (χ1) is 14.1. The van der Waals surface area contributed by atoms with E-state index in [4.69, 9.17) is 0 Å². The van der Waals surface area contributed by atoms with Crippen LogP contribution in [0.4, 0.5) is 10.7 Å². The first kappa shape index (κ1) is 19.9. The van der Waals surface area contributed by atoms with Gasteiger partial charge in [0.05, 0.1) is 11.1 Å². The number of thiophene rings is 1. The molecule has 0 spiro atoms. The first-order valence-electron chi connectivity index (χ1n) is 9.70. The predicted octanol–water partition coefficient (Wildman–Crippen LogP) is 6.28. The lowest BCUT2D eigenvalue weighted by Gasteiger charge is -2.11. The summed E-state index contributed by atoms with van der Waals surface area (Å²) in [4.78, 5) is 27.3. The molecule has 4 nitrogen and oxygen atoms in total. The molecule has 0 atom stereocenters. The highest BCUT2D eigenvalue weighted by Gasteiger charge is 2.26. The van der Waals surface area contributed by atoms with Crippen LogP contribution in [0.2, 0.25) is 0 Å². The Morgan fingerprint density at radius 1 is 0.828 bits per heavy atom. The van der Waals surface area contributed by atoms with Gasteiger partial charge >= 0.3 is 0 Å². The fraction of sp³-hybridized carbons (Fsp3) is 0.217. The fourth-order valence-electron chi connectivity index (χ4n) is 3.60. The third-order valence-electron chi connectivity index (χ3n) is 5.03. The van der Waals surface area contributed by atoms with Crippen molar-refractivity contribution < 1.29 is 9.59 Å². The molecule has 0 saturated carbocycles. The van der Waals surface area contributed by atoms with Gasteiger partial charge in [-0.1, -0.05) is 36.8 Å². The Hall–Kier alpha value is -2.44. The number of anilines is 2. The number of fused-ring (bicyclic) bond motifs is 1. The van der Waals surface area contributed by atoms with E-state index in [0.29, 0.717) is 16.1 Å². The second kappa shape index (κ2) is 8.93. The predicted molar refractivity (Wildman–Crippen MR) is 122 cm³/mol. The molecule has 1 aromatic heterocycles. The van der Waals surface area contributed by atoms with Crippen LogP contribution < -0.4 is 10.6 Å². The number of amides is 2. The van der Waals surface area contributed by atoms with Crippen LogP contribution in [0.3, 0.4) is 0 Å². The van der Waals surface area contributed by atoms with Gasteiger partial charge in [0.25, 0.3) is 11.8 Å². The summed E-state index contributed by atoms with van der Waals surface area (Å²) in [6.07, 6.45) is 5.17. The minimum absolute atomic E-state index is 0.168. The lowest BCUT2D eigenvalue weighted by atomic mass is 10.0. The number of hydrogen-bond donors (Lipinski definition) is 2. The summed E-state index contributed by atoms with van der Waals surface area (Å²) in [5, 5.41) is 6.62. The normalized spacial score (nSPS) is 13.3. The molecule has 29 heavy (non-hydrogen) atoms. The Kier molecular flexibility index (Phi) is 6.11. The summed E-state index contributed by atoms with van der Waals surface area (Å²) in [6, 6.07) is 16.7. The third-order valence-corrected chi connectivity index (χ3v) is 6.92. The van der Waals surface area contributed by atoms with Gasteiger partial charge in [-0.3, -0.25) is 9.59 Å². The van der Waals surface area contributed by atoms with Gasteiger partial charge in [-0.15, -0.1) is 11.3 Å². The number of nitrogens with one attached hydrogen (secondary N) is 2. The first-order valence-corrected chi connectivity index (χ1v) is 11.3. The SMILES string of the molecule is O=C(Nc1sc2c(c1C(=O)Nc1ccccc1)CCCCC2)c1ccccc1Br. The minimum Gasteiger partial charge on any atom is -0.322 e. The van der Waals surface area contributed by atoms with Gasteiger partial charge in [0.15, 0.2) is 0 Å². The molecule has 1 aliphatic carbocycles. The van der Waals surface area contributed by atoms with Gasteiger partial charge in [0, 0.05) is 15.0 Å². The number of halogens is 1. The van der Waals surface area contributed by atoms with Crippen LogP contribution in [-0.4, -0.2) is 11.8 Å². The van der Waals surface area contributed by atoms with Gasteiger partial charge in [0.1, 0.15) is 5.00 Å². The van der Waals surface area contributed by atoms with E-state index in [0.717, 1.165) is 41.4 Å². The molecule has 148 valence electrons. The van der Waals surface area contributed by atoms with Gasteiger partial charge in [-0.05, 0) is 71.4 Å². The quantitative estimate of drug-likeness (QED) is 0.442. The van der Waals surface area contributed by atoms with Crippen molar-refractivity contribution >= 4 is 49.8 Å². The highest BCUT2D eigenvalue weighted by molar-refractivity contribution is 9.10. The number of aryl methyl sites for hydroxylation is 1. The zero-order chi connectivity index (χ0) is 20.2. The van der Waals surface area contributed by atoms with Crippen molar-refractivity contribution in [3.8, 4) is 0 Å². The van der Waals surface area contributed by atoms with Crippen molar-refractivity contribution in [1.82, 2.24) is 0 Å². The lowest BCUT2D eigenvalue weighted by molar-refractivity contribution is 0.102. The van der Waals surface area contributed by atoms with Crippen molar-refractivity contribution in [3.63, 3.8) is 0 Å². The van der Waals surface area contributed by atoms with Crippen LogP contribution in [0.1, 0.15) is 50.4 Å². The van der Waals surface area contributed by atoms with Gasteiger partial charge in [0.2, 0.25) is 0 Å². The Bertz CT molecular complexity index is 1050. The molecule has 6 heteroatoms. The smallest absolute Gasteiger partial charge is 0.258 e. The Balaban J connectivity index is 1.68. The van der Waals surface area contributed by atoms with Crippen molar-refractivity contribution in [2.45, 2.75) is 32.1 Å². The molecule has 0 saturated heterocycles. The molecule has 0 aliphatic heterocycles. The molecule has 0 radical (unpaired) electrons. The molecule has 1 aliphatic rings. The molecule has 2 aromatic carbocycles. The topological polar surface area (TPSA) is 58.2 Å². The lowest BCUT2D eigenvalue weighted by Crippen LogP contribution is -2.18. The number of para-hydroxylation sites is 1. The maximum atomic E-state index is 13.2. The standard InChI is InChI=1S/C23H21BrN2O2S/c24-18-13-8-7-11-16(18)21(27)26-23-20(17-12-5-2-6-14-19(17)29-23)22(28)25-15-9-3-1-4-10-15/h1,3-4,7-11,13H,2,5-6,12,14H2,(H,25,28)(H,26,27). The highest BCUT2D eigenvalue weighted by Crippen LogP contribution is 2.38. The Labute approximate surface area is 182 Å². The van der Waals surface area contributed by atoms with Crippen LogP contribution >= 0.6 is 27.3 Å². The molecule has 1 heterocycles. The second-order valence-electron chi connectivity index (χ2n) is 7.02. The minimum atomic E-state index is -0.220. The van der Waals surface area contributed by atoms with E-state index in [1.165, 1.54) is 22.6 Å². The summed E-state index contributed by atoms with van der Waals surface area (Å²) in [5.41, 5.74) is 2.99. The highest BCUT2D eigenvalue weighted by atomic mass is 79.9. The number of carbonyl (C=O) groups is 2. The van der Waals surface area contributed by atoms with Crippen molar-refractivity contribution in [2.75, 3.05) is 10.6 Å². The Morgan fingerprint density at radius 2 is 1.55 bits per heavy atom. The van der Waals surface area contributed by atoms with Crippen LogP contribution in [0.5, 0.6) is 0 Å². The molecule has 0 bridgehead atoms. The molecule has 2 N–H and O–H groups in total. The average Bonchev–Trinajstić information content (AvgIpc) is 2.89. The molecular weight excluding hydrogens is 448 g/mol. The van der Waals surface area contributed by atoms with E-state index in [1.54, 1.807) is 6.07 Å². The van der Waals surface area contributed by atoms with E-state index in [2.05, 4.69) is 26.6 Å². The summed E-state index contributed by atoms with van der Waals surface area (Å²) in [6.45, 7) is 0. The summed E-state index contributed by atoms with van der Waals surface area (Å²) >= 11 is 4.97. The van der Waals surface area contributed by atoms with E-state index in [9.17, 15) is 9.59 Å². The van der Waals surface area contributed by atoms with E-state index in [1.807, 2.05) is 48.5 Å².